The van der Waals surface area contributed by atoms with E-state index < -0.39 is 0 Å². The summed E-state index contributed by atoms with van der Waals surface area (Å²) in [6.45, 7) is 7.18. The molecule has 20 heavy (non-hydrogen) atoms. The van der Waals surface area contributed by atoms with E-state index in [1.54, 1.807) is 0 Å². The molecule has 0 aromatic heterocycles. The standard InChI is InChI=1S/C17H25ClN2/c1-17(15-5-6-15)13-20(11-2-10-19-17)12-9-14-3-7-16(18)8-4-14/h3-4,7-8,15,19H,2,5-6,9-13H2,1H3. The van der Waals surface area contributed by atoms with Gasteiger partial charge in [0.25, 0.3) is 0 Å². The van der Waals surface area contributed by atoms with E-state index in [0.717, 1.165) is 23.9 Å². The Morgan fingerprint density at radius 2 is 2.05 bits per heavy atom. The van der Waals surface area contributed by atoms with Crippen LogP contribution in [0.2, 0.25) is 5.02 Å². The largest absolute Gasteiger partial charge is 0.310 e. The second kappa shape index (κ2) is 6.05. The predicted molar refractivity (Wildman–Crippen MR) is 85.3 cm³/mol. The molecule has 1 aromatic carbocycles. The summed E-state index contributed by atoms with van der Waals surface area (Å²) in [5.74, 6) is 0.902. The van der Waals surface area contributed by atoms with Gasteiger partial charge in [-0.1, -0.05) is 23.7 Å². The van der Waals surface area contributed by atoms with Crippen LogP contribution in [0.3, 0.4) is 0 Å². The molecular formula is C17H25ClN2. The molecular weight excluding hydrogens is 268 g/mol. The third kappa shape index (κ3) is 3.55. The Labute approximate surface area is 127 Å². The van der Waals surface area contributed by atoms with E-state index in [4.69, 9.17) is 11.6 Å². The monoisotopic (exact) mass is 292 g/mol. The molecule has 1 aliphatic heterocycles. The van der Waals surface area contributed by atoms with E-state index in [-0.39, 0.29) is 0 Å². The lowest BCUT2D eigenvalue weighted by atomic mass is 9.95. The molecule has 0 bridgehead atoms. The number of rotatable bonds is 4. The maximum absolute atomic E-state index is 5.94. The molecule has 1 saturated carbocycles. The van der Waals surface area contributed by atoms with Crippen molar-refractivity contribution in [2.45, 2.75) is 38.1 Å². The van der Waals surface area contributed by atoms with Crippen molar-refractivity contribution in [3.8, 4) is 0 Å². The van der Waals surface area contributed by atoms with Gasteiger partial charge in [-0.2, -0.15) is 0 Å². The Morgan fingerprint density at radius 1 is 1.30 bits per heavy atom. The summed E-state index contributed by atoms with van der Waals surface area (Å²) in [6, 6.07) is 8.29. The fourth-order valence-electron chi connectivity index (χ4n) is 3.40. The van der Waals surface area contributed by atoms with Gasteiger partial charge >= 0.3 is 0 Å². The molecule has 2 aliphatic rings. The maximum Gasteiger partial charge on any atom is 0.0406 e. The molecule has 2 fully saturated rings. The molecule has 1 N–H and O–H groups in total. The van der Waals surface area contributed by atoms with Gasteiger partial charge in [0.05, 0.1) is 0 Å². The van der Waals surface area contributed by atoms with Crippen LogP contribution >= 0.6 is 11.6 Å². The lowest BCUT2D eigenvalue weighted by molar-refractivity contribution is 0.203. The van der Waals surface area contributed by atoms with Crippen molar-refractivity contribution < 1.29 is 0 Å². The molecule has 1 unspecified atom stereocenters. The Hall–Kier alpha value is -0.570. The highest BCUT2D eigenvalue weighted by molar-refractivity contribution is 6.30. The lowest BCUT2D eigenvalue weighted by Gasteiger charge is -2.34. The molecule has 110 valence electrons. The smallest absolute Gasteiger partial charge is 0.0406 e. The lowest BCUT2D eigenvalue weighted by Crippen LogP contribution is -2.51. The number of nitrogens with zero attached hydrogens (tertiary/aromatic N) is 1. The van der Waals surface area contributed by atoms with Gasteiger partial charge in [-0.25, -0.2) is 0 Å². The fourth-order valence-corrected chi connectivity index (χ4v) is 3.53. The molecule has 0 spiro atoms. The summed E-state index contributed by atoms with van der Waals surface area (Å²) in [5, 5.41) is 4.62. The van der Waals surface area contributed by atoms with Crippen molar-refractivity contribution in [1.29, 1.82) is 0 Å². The molecule has 3 heteroatoms. The van der Waals surface area contributed by atoms with Crippen molar-refractivity contribution in [2.24, 2.45) is 5.92 Å². The van der Waals surface area contributed by atoms with E-state index in [9.17, 15) is 0 Å². The van der Waals surface area contributed by atoms with Crippen LogP contribution in [0.15, 0.2) is 24.3 Å². The second-order valence-electron chi connectivity index (χ2n) is 6.62. The van der Waals surface area contributed by atoms with Gasteiger partial charge in [0.2, 0.25) is 0 Å². The molecule has 1 aromatic rings. The minimum Gasteiger partial charge on any atom is -0.310 e. The van der Waals surface area contributed by atoms with Crippen LogP contribution in [0, 0.1) is 5.92 Å². The van der Waals surface area contributed by atoms with Gasteiger partial charge < -0.3 is 10.2 Å². The topological polar surface area (TPSA) is 15.3 Å². The van der Waals surface area contributed by atoms with E-state index in [1.165, 1.54) is 44.5 Å². The molecule has 3 rings (SSSR count). The van der Waals surface area contributed by atoms with Gasteiger partial charge in [-0.05, 0) is 69.3 Å². The Balaban J connectivity index is 1.57. The molecule has 2 nitrogen and oxygen atoms in total. The zero-order chi connectivity index (χ0) is 14.0. The highest BCUT2D eigenvalue weighted by Crippen LogP contribution is 2.40. The van der Waals surface area contributed by atoms with Crippen molar-refractivity contribution >= 4 is 11.6 Å². The number of benzene rings is 1. The molecule has 1 saturated heterocycles. The van der Waals surface area contributed by atoms with Gasteiger partial charge in [0.1, 0.15) is 0 Å². The third-order valence-electron chi connectivity index (χ3n) is 4.84. The van der Waals surface area contributed by atoms with Crippen LogP contribution < -0.4 is 5.32 Å². The fraction of sp³-hybridized carbons (Fsp3) is 0.647. The van der Waals surface area contributed by atoms with Crippen LogP contribution in [-0.2, 0) is 6.42 Å². The van der Waals surface area contributed by atoms with Gasteiger partial charge in [-0.3, -0.25) is 0 Å². The van der Waals surface area contributed by atoms with Crippen molar-refractivity contribution in [1.82, 2.24) is 10.2 Å². The zero-order valence-corrected chi connectivity index (χ0v) is 13.1. The maximum atomic E-state index is 5.94. The van der Waals surface area contributed by atoms with Crippen molar-refractivity contribution in [3.05, 3.63) is 34.9 Å². The van der Waals surface area contributed by atoms with Gasteiger partial charge in [0, 0.05) is 23.7 Å². The minimum absolute atomic E-state index is 0.344. The number of nitrogens with one attached hydrogen (secondary N) is 1. The predicted octanol–water partition coefficient (Wildman–Crippen LogP) is 3.35. The summed E-state index contributed by atoms with van der Waals surface area (Å²) in [5.41, 5.74) is 1.73. The number of hydrogen-bond donors (Lipinski definition) is 1. The first-order chi connectivity index (χ1) is 9.66. The van der Waals surface area contributed by atoms with Crippen molar-refractivity contribution in [2.75, 3.05) is 26.2 Å². The normalized spacial score (nSPS) is 28.3. The minimum atomic E-state index is 0.344. The SMILES string of the molecule is CC1(C2CC2)CN(CCc2ccc(Cl)cc2)CCCN1. The molecule has 0 radical (unpaired) electrons. The van der Waals surface area contributed by atoms with Crippen LogP contribution in [0.4, 0.5) is 0 Å². The summed E-state index contributed by atoms with van der Waals surface area (Å²) in [6.07, 6.45) is 5.21. The second-order valence-corrected chi connectivity index (χ2v) is 7.06. The van der Waals surface area contributed by atoms with Gasteiger partial charge in [-0.15, -0.1) is 0 Å². The third-order valence-corrected chi connectivity index (χ3v) is 5.09. The van der Waals surface area contributed by atoms with E-state index in [0.29, 0.717) is 5.54 Å². The summed E-state index contributed by atoms with van der Waals surface area (Å²) in [7, 11) is 0. The van der Waals surface area contributed by atoms with E-state index in [1.807, 2.05) is 12.1 Å². The average molecular weight is 293 g/mol. The average Bonchev–Trinajstić information content (AvgIpc) is 3.26. The van der Waals surface area contributed by atoms with Crippen LogP contribution in [0.1, 0.15) is 31.7 Å². The van der Waals surface area contributed by atoms with Crippen LogP contribution in [0.5, 0.6) is 0 Å². The van der Waals surface area contributed by atoms with E-state index >= 15 is 0 Å². The van der Waals surface area contributed by atoms with Crippen LogP contribution in [-0.4, -0.2) is 36.6 Å². The zero-order valence-electron chi connectivity index (χ0n) is 12.4. The highest BCUT2D eigenvalue weighted by Gasteiger charge is 2.42. The molecule has 1 aliphatic carbocycles. The highest BCUT2D eigenvalue weighted by atomic mass is 35.5. The molecule has 0 amide bonds. The Morgan fingerprint density at radius 3 is 2.75 bits per heavy atom. The first-order valence-electron chi connectivity index (χ1n) is 7.87. The Bertz CT molecular complexity index is 441. The summed E-state index contributed by atoms with van der Waals surface area (Å²) < 4.78 is 0. The molecule has 1 heterocycles. The first-order valence-corrected chi connectivity index (χ1v) is 8.25. The van der Waals surface area contributed by atoms with Crippen LogP contribution in [0.25, 0.3) is 0 Å². The number of halogens is 1. The Kier molecular flexibility index (Phi) is 4.34. The van der Waals surface area contributed by atoms with E-state index in [2.05, 4.69) is 29.3 Å². The number of hydrogen-bond acceptors (Lipinski definition) is 2. The first kappa shape index (κ1) is 14.4. The van der Waals surface area contributed by atoms with Crippen molar-refractivity contribution in [3.63, 3.8) is 0 Å². The summed E-state index contributed by atoms with van der Waals surface area (Å²) in [4.78, 5) is 2.65. The molecule has 1 atom stereocenters. The quantitative estimate of drug-likeness (QED) is 0.915. The summed E-state index contributed by atoms with van der Waals surface area (Å²) >= 11 is 5.94. The van der Waals surface area contributed by atoms with Gasteiger partial charge in [0.15, 0.2) is 0 Å².